The molecule has 0 saturated carbocycles. The molecule has 78 valence electrons. The second kappa shape index (κ2) is 3.39. The maximum Gasteiger partial charge on any atom is 0.419 e. The van der Waals surface area contributed by atoms with Gasteiger partial charge in [-0.15, -0.1) is 0 Å². The van der Waals surface area contributed by atoms with E-state index in [9.17, 15) is 22.0 Å². The van der Waals surface area contributed by atoms with Gasteiger partial charge in [-0.3, -0.25) is 0 Å². The Balaban J connectivity index is 3.15. The minimum Gasteiger partial charge on any atom is -0.383 e. The third-order valence-electron chi connectivity index (χ3n) is 1.48. The van der Waals surface area contributed by atoms with Crippen LogP contribution in [0, 0.1) is 0 Å². The second-order valence-corrected chi connectivity index (χ2v) is 2.47. The zero-order valence-corrected chi connectivity index (χ0v) is 6.65. The van der Waals surface area contributed by atoms with E-state index >= 15 is 0 Å². The highest BCUT2D eigenvalue weighted by molar-refractivity contribution is 5.42. The predicted molar refractivity (Wildman–Crippen MR) is 38.6 cm³/mol. The normalized spacial score (nSPS) is 12.1. The van der Waals surface area contributed by atoms with Crippen LogP contribution in [0.15, 0.2) is 12.1 Å². The fraction of sp³-hybridized carbons (Fsp3) is 0.286. The van der Waals surface area contributed by atoms with Crippen molar-refractivity contribution in [2.45, 2.75) is 12.6 Å². The predicted octanol–water partition coefficient (Wildman–Crippen LogP) is 2.62. The Morgan fingerprint density at radius 2 is 1.79 bits per heavy atom. The lowest BCUT2D eigenvalue weighted by Gasteiger charge is -2.09. The van der Waals surface area contributed by atoms with E-state index in [2.05, 4.69) is 4.98 Å². The molecule has 0 radical (unpaired) electrons. The number of hydrogen-bond acceptors (Lipinski definition) is 2. The molecule has 2 N–H and O–H groups in total. The average molecular weight is 212 g/mol. The van der Waals surface area contributed by atoms with Gasteiger partial charge in [0.1, 0.15) is 11.5 Å². The summed E-state index contributed by atoms with van der Waals surface area (Å²) in [6, 6.07) is 1.09. The van der Waals surface area contributed by atoms with Gasteiger partial charge >= 0.3 is 6.18 Å². The Labute approximate surface area is 75.5 Å². The molecule has 1 heterocycles. The summed E-state index contributed by atoms with van der Waals surface area (Å²) in [4.78, 5) is 2.95. The lowest BCUT2D eigenvalue weighted by Crippen LogP contribution is -2.11. The number of alkyl halides is 5. The van der Waals surface area contributed by atoms with Crippen LogP contribution in [0.5, 0.6) is 0 Å². The van der Waals surface area contributed by atoms with E-state index in [0.29, 0.717) is 12.1 Å². The molecule has 1 rings (SSSR count). The van der Waals surface area contributed by atoms with Gasteiger partial charge < -0.3 is 5.73 Å². The monoisotopic (exact) mass is 212 g/mol. The van der Waals surface area contributed by atoms with Crippen LogP contribution in [0.25, 0.3) is 0 Å². The standard InChI is InChI=1S/C7H5F5N2/c8-5(9)4-2-1-3(6(13)14-4)7(10,11)12/h1-2,5H,(H2,13,14). The summed E-state index contributed by atoms with van der Waals surface area (Å²) in [5, 5.41) is 0. The lowest BCUT2D eigenvalue weighted by atomic mass is 10.2. The molecule has 0 aromatic carbocycles. The van der Waals surface area contributed by atoms with Crippen molar-refractivity contribution in [2.75, 3.05) is 5.73 Å². The van der Waals surface area contributed by atoms with E-state index in [1.807, 2.05) is 0 Å². The number of nitrogen functional groups attached to an aromatic ring is 1. The SMILES string of the molecule is Nc1nc(C(F)F)ccc1C(F)(F)F. The minimum atomic E-state index is -4.67. The molecule has 0 unspecified atom stereocenters. The number of aromatic nitrogens is 1. The quantitative estimate of drug-likeness (QED) is 0.726. The molecule has 0 aliphatic carbocycles. The molecule has 1 aromatic heterocycles. The van der Waals surface area contributed by atoms with Crippen LogP contribution in [0.2, 0.25) is 0 Å². The van der Waals surface area contributed by atoms with Crippen LogP contribution in [-0.2, 0) is 6.18 Å². The van der Waals surface area contributed by atoms with E-state index in [0.717, 1.165) is 0 Å². The third kappa shape index (κ3) is 2.09. The van der Waals surface area contributed by atoms with E-state index in [4.69, 9.17) is 5.73 Å². The molecular formula is C7H5F5N2. The van der Waals surface area contributed by atoms with Crippen molar-refractivity contribution in [3.05, 3.63) is 23.4 Å². The van der Waals surface area contributed by atoms with E-state index in [1.165, 1.54) is 0 Å². The summed E-state index contributed by atoms with van der Waals surface area (Å²) in [5.74, 6) is -0.935. The van der Waals surface area contributed by atoms with Crippen LogP contribution in [-0.4, -0.2) is 4.98 Å². The molecule has 0 amide bonds. The summed E-state index contributed by atoms with van der Waals surface area (Å²) in [6.07, 6.45) is -7.60. The molecule has 2 nitrogen and oxygen atoms in total. The maximum absolute atomic E-state index is 12.1. The molecule has 0 aliphatic rings. The largest absolute Gasteiger partial charge is 0.419 e. The molecule has 0 saturated heterocycles. The van der Waals surface area contributed by atoms with Crippen LogP contribution in [0.4, 0.5) is 27.8 Å². The van der Waals surface area contributed by atoms with Crippen molar-refractivity contribution >= 4 is 5.82 Å². The first-order valence-electron chi connectivity index (χ1n) is 3.44. The van der Waals surface area contributed by atoms with E-state index < -0.39 is 29.7 Å². The molecule has 1 aromatic rings. The van der Waals surface area contributed by atoms with Gasteiger partial charge in [-0.05, 0) is 12.1 Å². The lowest BCUT2D eigenvalue weighted by molar-refractivity contribution is -0.137. The number of halogens is 5. The third-order valence-corrected chi connectivity index (χ3v) is 1.48. The van der Waals surface area contributed by atoms with Crippen LogP contribution in [0.1, 0.15) is 17.7 Å². The number of nitrogens with two attached hydrogens (primary N) is 1. The van der Waals surface area contributed by atoms with Crippen molar-refractivity contribution in [3.63, 3.8) is 0 Å². The van der Waals surface area contributed by atoms with E-state index in [1.54, 1.807) is 0 Å². The first kappa shape index (κ1) is 10.7. The molecule has 0 fully saturated rings. The summed E-state index contributed by atoms with van der Waals surface area (Å²) < 4.78 is 60.2. The fourth-order valence-corrected chi connectivity index (χ4v) is 0.852. The highest BCUT2D eigenvalue weighted by Gasteiger charge is 2.34. The van der Waals surface area contributed by atoms with Crippen molar-refractivity contribution < 1.29 is 22.0 Å². The Hall–Kier alpha value is -1.40. The molecule has 0 aliphatic heterocycles. The van der Waals surface area contributed by atoms with Crippen molar-refractivity contribution in [1.29, 1.82) is 0 Å². The Kier molecular flexibility index (Phi) is 2.59. The summed E-state index contributed by atoms with van der Waals surface area (Å²) >= 11 is 0. The second-order valence-electron chi connectivity index (χ2n) is 2.47. The van der Waals surface area contributed by atoms with Crippen molar-refractivity contribution in [3.8, 4) is 0 Å². The number of pyridine rings is 1. The van der Waals surface area contributed by atoms with Gasteiger partial charge in [-0.25, -0.2) is 13.8 Å². The molecule has 0 spiro atoms. The zero-order valence-electron chi connectivity index (χ0n) is 6.65. The molecule has 0 atom stereocenters. The fourth-order valence-electron chi connectivity index (χ4n) is 0.852. The molecule has 7 heteroatoms. The molecule has 0 bridgehead atoms. The Bertz CT molecular complexity index is 333. The van der Waals surface area contributed by atoms with Gasteiger partial charge in [-0.1, -0.05) is 0 Å². The first-order valence-corrected chi connectivity index (χ1v) is 3.44. The summed E-state index contributed by atoms with van der Waals surface area (Å²) in [6.45, 7) is 0. The maximum atomic E-state index is 12.1. The van der Waals surface area contributed by atoms with Crippen LogP contribution >= 0.6 is 0 Å². The van der Waals surface area contributed by atoms with Crippen molar-refractivity contribution in [1.82, 2.24) is 4.98 Å². The van der Waals surface area contributed by atoms with Gasteiger partial charge in [0, 0.05) is 0 Å². The first-order chi connectivity index (χ1) is 6.32. The van der Waals surface area contributed by atoms with Gasteiger partial charge in [0.05, 0.1) is 5.56 Å². The van der Waals surface area contributed by atoms with Crippen LogP contribution in [0.3, 0.4) is 0 Å². The minimum absolute atomic E-state index is 0.490. The highest BCUT2D eigenvalue weighted by atomic mass is 19.4. The van der Waals surface area contributed by atoms with E-state index in [-0.39, 0.29) is 0 Å². The highest BCUT2D eigenvalue weighted by Crippen LogP contribution is 2.33. The van der Waals surface area contributed by atoms with Crippen LogP contribution < -0.4 is 5.73 Å². The Morgan fingerprint density at radius 1 is 1.21 bits per heavy atom. The molecule has 14 heavy (non-hydrogen) atoms. The molecular weight excluding hydrogens is 207 g/mol. The number of nitrogens with zero attached hydrogens (tertiary/aromatic N) is 1. The topological polar surface area (TPSA) is 38.9 Å². The number of rotatable bonds is 1. The Morgan fingerprint density at radius 3 is 2.14 bits per heavy atom. The van der Waals surface area contributed by atoms with Gasteiger partial charge in [0.2, 0.25) is 0 Å². The number of anilines is 1. The van der Waals surface area contributed by atoms with Gasteiger partial charge in [0.15, 0.2) is 0 Å². The smallest absolute Gasteiger partial charge is 0.383 e. The zero-order chi connectivity index (χ0) is 10.9. The van der Waals surface area contributed by atoms with Gasteiger partial charge in [-0.2, -0.15) is 13.2 Å². The summed E-state index contributed by atoms with van der Waals surface area (Å²) in [5.41, 5.74) is 2.91. The average Bonchev–Trinajstić information content (AvgIpc) is 2.01. The summed E-state index contributed by atoms with van der Waals surface area (Å²) in [7, 11) is 0. The number of hydrogen-bond donors (Lipinski definition) is 1. The van der Waals surface area contributed by atoms with Gasteiger partial charge in [0.25, 0.3) is 6.43 Å². The van der Waals surface area contributed by atoms with Crippen molar-refractivity contribution in [2.24, 2.45) is 0 Å².